The molecule has 4 aromatic carbocycles. The summed E-state index contributed by atoms with van der Waals surface area (Å²) in [6.07, 6.45) is 0. The van der Waals surface area contributed by atoms with Gasteiger partial charge in [0.15, 0.2) is 0 Å². The Labute approximate surface area is 210 Å². The predicted octanol–water partition coefficient (Wildman–Crippen LogP) is 6.12. The van der Waals surface area contributed by atoms with E-state index in [0.29, 0.717) is 22.5 Å². The van der Waals surface area contributed by atoms with Crippen molar-refractivity contribution in [1.82, 2.24) is 13.5 Å². The maximum absolute atomic E-state index is 13.2. The molecule has 3 N–H and O–H groups in total. The highest BCUT2D eigenvalue weighted by Crippen LogP contribution is 2.26. The Morgan fingerprint density at radius 2 is 1.49 bits per heavy atom. The van der Waals surface area contributed by atoms with E-state index in [1.807, 2.05) is 78.9 Å². The second-order valence-electron chi connectivity index (χ2n) is 7.49. The van der Waals surface area contributed by atoms with Crippen molar-refractivity contribution in [3.05, 3.63) is 108 Å². The molecule has 0 spiro atoms. The molecule has 0 bridgehead atoms. The van der Waals surface area contributed by atoms with Crippen molar-refractivity contribution in [2.24, 2.45) is 0 Å². The zero-order valence-corrected chi connectivity index (χ0v) is 19.9. The molecule has 0 saturated heterocycles. The van der Waals surface area contributed by atoms with Gasteiger partial charge in [-0.3, -0.25) is 14.3 Å². The van der Waals surface area contributed by atoms with Crippen LogP contribution in [0.15, 0.2) is 102 Å². The molecular weight excluding hydrogens is 478 g/mol. The number of amides is 2. The summed E-state index contributed by atoms with van der Waals surface area (Å²) in [5.41, 5.74) is 4.32. The highest BCUT2D eigenvalue weighted by atomic mass is 32.2. The summed E-state index contributed by atoms with van der Waals surface area (Å²) >= 11 is 2.30. The minimum Gasteiger partial charge on any atom is -0.355 e. The van der Waals surface area contributed by atoms with Crippen LogP contribution in [0.1, 0.15) is 20.7 Å². The Balaban J connectivity index is 1.40. The molecule has 5 aromatic rings. The van der Waals surface area contributed by atoms with Gasteiger partial charge in [0.25, 0.3) is 11.8 Å². The number of benzene rings is 4. The van der Waals surface area contributed by atoms with Gasteiger partial charge in [-0.15, -0.1) is 0 Å². The minimum absolute atomic E-state index is 0.324. The van der Waals surface area contributed by atoms with Gasteiger partial charge in [-0.1, -0.05) is 42.5 Å². The maximum atomic E-state index is 13.2. The zero-order chi connectivity index (χ0) is 24.0. The number of hydrogen-bond donors (Lipinski definition) is 3. The number of rotatable bonds is 7. The topological polar surface area (TPSA) is 96.0 Å². The van der Waals surface area contributed by atoms with Crippen LogP contribution >= 0.6 is 23.7 Å². The maximum Gasteiger partial charge on any atom is 0.261 e. The van der Waals surface area contributed by atoms with Crippen molar-refractivity contribution in [3.63, 3.8) is 0 Å². The molecule has 0 aliphatic rings. The number of nitrogens with zero attached hydrogens (tertiary/aromatic N) is 2. The monoisotopic (exact) mass is 497 g/mol. The largest absolute Gasteiger partial charge is 0.355 e. The summed E-state index contributed by atoms with van der Waals surface area (Å²) in [5.74, 6) is -0.648. The van der Waals surface area contributed by atoms with E-state index in [1.54, 1.807) is 18.2 Å². The number of carbonyl (C=O) groups excluding carboxylic acids is 2. The van der Waals surface area contributed by atoms with Crippen LogP contribution in [0.25, 0.3) is 11.0 Å². The smallest absolute Gasteiger partial charge is 0.261 e. The second-order valence-corrected chi connectivity index (χ2v) is 8.87. The van der Waals surface area contributed by atoms with Crippen LogP contribution in [-0.4, -0.2) is 20.6 Å². The van der Waals surface area contributed by atoms with E-state index in [0.717, 1.165) is 33.3 Å². The van der Waals surface area contributed by atoms with Crippen LogP contribution < -0.4 is 15.4 Å². The molecular formula is C26H19N5O2S2. The SMILES string of the molecule is O=C(NSc1cccc2nsnc12)c1ccc(Nc2ccccc2)c(C(=O)Nc2ccccc2)c1. The minimum atomic E-state index is -0.324. The molecule has 35 heavy (non-hydrogen) atoms. The lowest BCUT2D eigenvalue weighted by molar-refractivity contribution is 0.0984. The highest BCUT2D eigenvalue weighted by molar-refractivity contribution is 7.98. The fourth-order valence-electron chi connectivity index (χ4n) is 3.40. The molecule has 0 radical (unpaired) electrons. The van der Waals surface area contributed by atoms with Crippen molar-refractivity contribution in [2.75, 3.05) is 10.6 Å². The first kappa shape index (κ1) is 22.6. The van der Waals surface area contributed by atoms with E-state index >= 15 is 0 Å². The van der Waals surface area contributed by atoms with Crippen LogP contribution in [0, 0.1) is 0 Å². The standard InChI is InChI=1S/C26H19N5O2S2/c32-25(31-34-23-13-7-12-22-24(23)30-35-29-22)17-14-15-21(27-18-8-3-1-4-9-18)20(16-17)26(33)28-19-10-5-2-6-11-19/h1-16,27H,(H,28,33)(H,31,32). The molecule has 0 fully saturated rings. The van der Waals surface area contributed by atoms with Gasteiger partial charge in [0, 0.05) is 16.9 Å². The first-order valence-corrected chi connectivity index (χ1v) is 12.2. The van der Waals surface area contributed by atoms with Crippen LogP contribution in [0.3, 0.4) is 0 Å². The third-order valence-electron chi connectivity index (χ3n) is 5.11. The van der Waals surface area contributed by atoms with Crippen LogP contribution in [0.2, 0.25) is 0 Å². The molecule has 172 valence electrons. The Hall–Kier alpha value is -4.21. The number of anilines is 3. The molecule has 0 unspecified atom stereocenters. The second kappa shape index (κ2) is 10.4. The Kier molecular flexibility index (Phi) is 6.69. The number of hydrogen-bond acceptors (Lipinski definition) is 7. The number of fused-ring (bicyclic) bond motifs is 1. The summed E-state index contributed by atoms with van der Waals surface area (Å²) in [7, 11) is 0. The summed E-state index contributed by atoms with van der Waals surface area (Å²) in [6.45, 7) is 0. The van der Waals surface area contributed by atoms with E-state index in [9.17, 15) is 9.59 Å². The normalized spacial score (nSPS) is 10.6. The average molecular weight is 498 g/mol. The third kappa shape index (κ3) is 5.32. The third-order valence-corrected chi connectivity index (χ3v) is 6.49. The van der Waals surface area contributed by atoms with Crippen molar-refractivity contribution in [2.45, 2.75) is 4.90 Å². The van der Waals surface area contributed by atoms with E-state index in [1.165, 1.54) is 11.9 Å². The lowest BCUT2D eigenvalue weighted by Crippen LogP contribution is -2.19. The zero-order valence-electron chi connectivity index (χ0n) is 18.3. The molecule has 5 rings (SSSR count). The van der Waals surface area contributed by atoms with Gasteiger partial charge in [-0.25, -0.2) is 0 Å². The predicted molar refractivity (Wildman–Crippen MR) is 141 cm³/mol. The summed E-state index contributed by atoms with van der Waals surface area (Å²) in [5, 5.41) is 6.16. The van der Waals surface area contributed by atoms with Gasteiger partial charge >= 0.3 is 0 Å². The molecule has 0 aliphatic carbocycles. The van der Waals surface area contributed by atoms with E-state index in [2.05, 4.69) is 24.1 Å². The van der Waals surface area contributed by atoms with Crippen LogP contribution in [-0.2, 0) is 0 Å². The van der Waals surface area contributed by atoms with E-state index < -0.39 is 0 Å². The molecule has 0 aliphatic heterocycles. The molecule has 7 nitrogen and oxygen atoms in total. The van der Waals surface area contributed by atoms with Gasteiger partial charge in [0.2, 0.25) is 0 Å². The fraction of sp³-hybridized carbons (Fsp3) is 0. The van der Waals surface area contributed by atoms with Crippen LogP contribution in [0.5, 0.6) is 0 Å². The average Bonchev–Trinajstić information content (AvgIpc) is 3.38. The fourth-order valence-corrected chi connectivity index (χ4v) is 4.72. The number of aromatic nitrogens is 2. The molecule has 0 saturated carbocycles. The van der Waals surface area contributed by atoms with Crippen LogP contribution in [0.4, 0.5) is 17.1 Å². The summed E-state index contributed by atoms with van der Waals surface area (Å²) in [6, 6.07) is 29.4. The number of carbonyl (C=O) groups is 2. The van der Waals surface area contributed by atoms with Gasteiger partial charge in [-0.2, -0.15) is 8.75 Å². The Bertz CT molecular complexity index is 1490. The highest BCUT2D eigenvalue weighted by Gasteiger charge is 2.17. The molecule has 0 atom stereocenters. The Morgan fingerprint density at radius 3 is 2.26 bits per heavy atom. The number of para-hydroxylation sites is 2. The molecule has 2 amide bonds. The van der Waals surface area contributed by atoms with Gasteiger partial charge in [-0.05, 0) is 66.5 Å². The van der Waals surface area contributed by atoms with Gasteiger partial charge < -0.3 is 10.6 Å². The quantitative estimate of drug-likeness (QED) is 0.234. The van der Waals surface area contributed by atoms with Gasteiger partial charge in [0.05, 0.1) is 27.9 Å². The van der Waals surface area contributed by atoms with E-state index in [-0.39, 0.29) is 11.8 Å². The first-order chi connectivity index (χ1) is 17.2. The summed E-state index contributed by atoms with van der Waals surface area (Å²) < 4.78 is 11.4. The first-order valence-electron chi connectivity index (χ1n) is 10.7. The van der Waals surface area contributed by atoms with E-state index in [4.69, 9.17) is 0 Å². The van der Waals surface area contributed by atoms with Crippen molar-refractivity contribution >= 4 is 63.6 Å². The van der Waals surface area contributed by atoms with Crippen molar-refractivity contribution in [1.29, 1.82) is 0 Å². The lowest BCUT2D eigenvalue weighted by Gasteiger charge is -2.14. The molecule has 1 heterocycles. The summed E-state index contributed by atoms with van der Waals surface area (Å²) in [4.78, 5) is 27.0. The lowest BCUT2D eigenvalue weighted by atomic mass is 10.1. The molecule has 1 aromatic heterocycles. The van der Waals surface area contributed by atoms with Gasteiger partial charge in [0.1, 0.15) is 11.0 Å². The number of nitrogens with one attached hydrogen (secondary N) is 3. The Morgan fingerprint density at radius 1 is 0.743 bits per heavy atom. The van der Waals surface area contributed by atoms with Crippen molar-refractivity contribution < 1.29 is 9.59 Å². The van der Waals surface area contributed by atoms with Crippen molar-refractivity contribution in [3.8, 4) is 0 Å². The molecule has 9 heteroatoms.